The Morgan fingerprint density at radius 1 is 1.40 bits per heavy atom. The molecule has 0 heterocycles. The van der Waals surface area contributed by atoms with Crippen LogP contribution in [0, 0.1) is 15.5 Å². The molecule has 1 aromatic rings. The summed E-state index contributed by atoms with van der Waals surface area (Å²) in [5, 5.41) is 10.9. The predicted molar refractivity (Wildman–Crippen MR) is 80.8 cm³/mol. The van der Waals surface area contributed by atoms with E-state index in [1.165, 1.54) is 31.7 Å². The summed E-state index contributed by atoms with van der Waals surface area (Å²) in [5.74, 6) is 0.622. The molecular formula is C14H15BrClNO3. The van der Waals surface area contributed by atoms with Gasteiger partial charge in [-0.2, -0.15) is 0 Å². The molecule has 108 valence electrons. The Morgan fingerprint density at radius 2 is 2.10 bits per heavy atom. The van der Waals surface area contributed by atoms with Crippen LogP contribution >= 0.6 is 27.5 Å². The van der Waals surface area contributed by atoms with Crippen LogP contribution in [0.2, 0.25) is 5.02 Å². The Labute approximate surface area is 130 Å². The Bertz CT molecular complexity index is 545. The first-order chi connectivity index (χ1) is 9.53. The van der Waals surface area contributed by atoms with Gasteiger partial charge in [-0.3, -0.25) is 10.1 Å². The molecule has 2 atom stereocenters. The number of ether oxygens (including phenoxy) is 1. The van der Waals surface area contributed by atoms with Gasteiger partial charge in [-0.25, -0.2) is 0 Å². The molecule has 1 spiro atoms. The van der Waals surface area contributed by atoms with Crippen molar-refractivity contribution in [2.24, 2.45) is 5.41 Å². The van der Waals surface area contributed by atoms with Crippen LogP contribution in [0.25, 0.3) is 0 Å². The van der Waals surface area contributed by atoms with E-state index in [1.807, 2.05) is 0 Å². The third-order valence-electron chi connectivity index (χ3n) is 4.61. The number of alkyl halides is 1. The third-order valence-corrected chi connectivity index (χ3v) is 6.20. The van der Waals surface area contributed by atoms with Gasteiger partial charge in [0.05, 0.1) is 4.92 Å². The van der Waals surface area contributed by atoms with Crippen LogP contribution < -0.4 is 4.74 Å². The summed E-state index contributed by atoms with van der Waals surface area (Å²) >= 11 is 9.67. The monoisotopic (exact) mass is 359 g/mol. The Hall–Kier alpha value is -0.810. The molecule has 0 amide bonds. The molecule has 6 heteroatoms. The van der Waals surface area contributed by atoms with Crippen molar-refractivity contribution in [1.29, 1.82) is 0 Å². The molecular weight excluding hydrogens is 346 g/mol. The van der Waals surface area contributed by atoms with Crippen LogP contribution in [0.1, 0.15) is 32.1 Å². The van der Waals surface area contributed by atoms with Crippen molar-refractivity contribution in [3.05, 3.63) is 33.3 Å². The van der Waals surface area contributed by atoms with Gasteiger partial charge in [-0.05, 0) is 25.3 Å². The minimum absolute atomic E-state index is 0.0819. The van der Waals surface area contributed by atoms with E-state index in [0.29, 0.717) is 10.6 Å². The average molecular weight is 361 g/mol. The molecule has 2 aliphatic rings. The molecule has 2 saturated carbocycles. The number of rotatable bonds is 3. The van der Waals surface area contributed by atoms with Gasteiger partial charge in [0.15, 0.2) is 0 Å². The second kappa shape index (κ2) is 5.19. The number of hydrogen-bond donors (Lipinski definition) is 0. The average Bonchev–Trinajstić information content (AvgIpc) is 2.90. The zero-order valence-corrected chi connectivity index (χ0v) is 13.2. The molecule has 4 nitrogen and oxygen atoms in total. The largest absolute Gasteiger partial charge is 0.490 e. The lowest BCUT2D eigenvalue weighted by Gasteiger charge is -2.51. The fourth-order valence-electron chi connectivity index (χ4n) is 3.41. The number of benzene rings is 1. The second-order valence-electron chi connectivity index (χ2n) is 5.62. The van der Waals surface area contributed by atoms with E-state index in [1.54, 1.807) is 12.1 Å². The lowest BCUT2D eigenvalue weighted by atomic mass is 9.64. The summed E-state index contributed by atoms with van der Waals surface area (Å²) in [6.45, 7) is 0. The van der Waals surface area contributed by atoms with Gasteiger partial charge in [0.2, 0.25) is 0 Å². The molecule has 20 heavy (non-hydrogen) atoms. The number of nitro groups is 1. The van der Waals surface area contributed by atoms with Crippen molar-refractivity contribution >= 4 is 33.2 Å². The maximum Gasteiger partial charge on any atom is 0.288 e. The quantitative estimate of drug-likeness (QED) is 0.445. The van der Waals surface area contributed by atoms with Crippen LogP contribution in [-0.4, -0.2) is 15.9 Å². The van der Waals surface area contributed by atoms with E-state index in [0.717, 1.165) is 6.42 Å². The van der Waals surface area contributed by atoms with Crippen LogP contribution in [0.3, 0.4) is 0 Å². The normalized spacial score (nSPS) is 27.3. The maximum atomic E-state index is 10.7. The molecule has 2 unspecified atom stereocenters. The molecule has 0 saturated heterocycles. The summed E-state index contributed by atoms with van der Waals surface area (Å²) < 4.78 is 6.04. The lowest BCUT2D eigenvalue weighted by Crippen LogP contribution is -2.55. The molecule has 0 aliphatic heterocycles. The van der Waals surface area contributed by atoms with E-state index in [-0.39, 0.29) is 22.2 Å². The number of nitro benzene ring substituents is 1. The van der Waals surface area contributed by atoms with Crippen molar-refractivity contribution in [1.82, 2.24) is 0 Å². The minimum atomic E-state index is -0.484. The highest BCUT2D eigenvalue weighted by Gasteiger charge is 2.56. The maximum absolute atomic E-state index is 10.7. The molecule has 3 rings (SSSR count). The molecule has 1 aromatic carbocycles. The smallest absolute Gasteiger partial charge is 0.288 e. The van der Waals surface area contributed by atoms with E-state index in [9.17, 15) is 10.1 Å². The molecule has 0 bridgehead atoms. The van der Waals surface area contributed by atoms with Gasteiger partial charge in [0.1, 0.15) is 16.9 Å². The Morgan fingerprint density at radius 3 is 2.65 bits per heavy atom. The number of hydrogen-bond acceptors (Lipinski definition) is 3. The van der Waals surface area contributed by atoms with Gasteiger partial charge in [-0.1, -0.05) is 40.4 Å². The van der Waals surface area contributed by atoms with Crippen molar-refractivity contribution in [3.8, 4) is 5.75 Å². The highest BCUT2D eigenvalue weighted by Crippen LogP contribution is 2.57. The zero-order valence-electron chi connectivity index (χ0n) is 10.9. The highest BCUT2D eigenvalue weighted by atomic mass is 79.9. The summed E-state index contributed by atoms with van der Waals surface area (Å²) in [4.78, 5) is 10.8. The number of halogens is 2. The molecule has 2 aliphatic carbocycles. The fourth-order valence-corrected chi connectivity index (χ4v) is 4.74. The van der Waals surface area contributed by atoms with Crippen LogP contribution in [0.5, 0.6) is 5.75 Å². The van der Waals surface area contributed by atoms with Crippen molar-refractivity contribution in [2.45, 2.75) is 43.0 Å². The van der Waals surface area contributed by atoms with Crippen LogP contribution in [-0.2, 0) is 0 Å². The minimum Gasteiger partial charge on any atom is -0.490 e. The molecule has 2 fully saturated rings. The first-order valence-electron chi connectivity index (χ1n) is 6.77. The van der Waals surface area contributed by atoms with E-state index in [2.05, 4.69) is 15.9 Å². The summed E-state index contributed by atoms with van der Waals surface area (Å²) in [5.41, 5.74) is 0.162. The predicted octanol–water partition coefficient (Wildman–Crippen LogP) is 4.72. The molecule has 0 radical (unpaired) electrons. The Balaban J connectivity index is 1.76. The van der Waals surface area contributed by atoms with Crippen LogP contribution in [0.4, 0.5) is 5.69 Å². The summed E-state index contributed by atoms with van der Waals surface area (Å²) in [6, 6.07) is 4.58. The Kier molecular flexibility index (Phi) is 3.67. The topological polar surface area (TPSA) is 52.4 Å². The highest BCUT2D eigenvalue weighted by molar-refractivity contribution is 9.09. The lowest BCUT2D eigenvalue weighted by molar-refractivity contribution is -0.384. The van der Waals surface area contributed by atoms with Crippen molar-refractivity contribution in [2.75, 3.05) is 0 Å². The molecule has 0 aromatic heterocycles. The first-order valence-corrected chi connectivity index (χ1v) is 8.07. The molecule has 0 N–H and O–H groups in total. The van der Waals surface area contributed by atoms with Crippen molar-refractivity contribution < 1.29 is 9.66 Å². The van der Waals surface area contributed by atoms with E-state index >= 15 is 0 Å². The SMILES string of the molecule is O=[N+]([O-])c1ccc(OC2CC(Br)C23CCCC3)cc1Cl. The first kappa shape index (κ1) is 14.1. The van der Waals surface area contributed by atoms with Gasteiger partial charge in [-0.15, -0.1) is 0 Å². The van der Waals surface area contributed by atoms with Crippen LogP contribution in [0.15, 0.2) is 18.2 Å². The number of nitrogens with zero attached hydrogens (tertiary/aromatic N) is 1. The second-order valence-corrected chi connectivity index (χ2v) is 7.13. The van der Waals surface area contributed by atoms with Gasteiger partial charge >= 0.3 is 0 Å². The van der Waals surface area contributed by atoms with E-state index < -0.39 is 4.92 Å². The summed E-state index contributed by atoms with van der Waals surface area (Å²) in [6.07, 6.45) is 6.05. The van der Waals surface area contributed by atoms with Gasteiger partial charge in [0.25, 0.3) is 5.69 Å². The van der Waals surface area contributed by atoms with Gasteiger partial charge < -0.3 is 4.74 Å². The van der Waals surface area contributed by atoms with E-state index in [4.69, 9.17) is 16.3 Å². The van der Waals surface area contributed by atoms with Crippen molar-refractivity contribution in [3.63, 3.8) is 0 Å². The standard InChI is InChI=1S/C14H15BrClNO3/c15-12-8-13(14(12)5-1-2-6-14)20-9-3-4-11(17(18)19)10(16)7-9/h3-4,7,12-13H,1-2,5-6,8H2. The van der Waals surface area contributed by atoms with Gasteiger partial charge in [0, 0.05) is 22.4 Å². The zero-order chi connectivity index (χ0) is 14.3. The fraction of sp³-hybridized carbons (Fsp3) is 0.571. The third kappa shape index (κ3) is 2.21. The summed E-state index contributed by atoms with van der Waals surface area (Å²) in [7, 11) is 0.